The van der Waals surface area contributed by atoms with E-state index in [2.05, 4.69) is 10.4 Å². The fraction of sp³-hybridized carbons (Fsp3) is 0.200. The number of nitrogens with one attached hydrogen (secondary N) is 1. The molecular weight excluding hydrogens is 271 g/mol. The van der Waals surface area contributed by atoms with E-state index in [0.717, 1.165) is 5.56 Å². The van der Waals surface area contributed by atoms with E-state index >= 15 is 0 Å². The number of aromatic nitrogens is 2. The van der Waals surface area contributed by atoms with Crippen LogP contribution in [-0.2, 0) is 4.79 Å². The van der Waals surface area contributed by atoms with Crippen LogP contribution in [0, 0.1) is 5.82 Å². The first-order valence-corrected chi connectivity index (χ1v) is 6.66. The lowest BCUT2D eigenvalue weighted by atomic mass is 10.1. The summed E-state index contributed by atoms with van der Waals surface area (Å²) in [7, 11) is 0. The molecule has 1 unspecified atom stereocenters. The average Bonchev–Trinajstić information content (AvgIpc) is 3.01. The molecule has 1 amide bonds. The second-order valence-corrected chi connectivity index (χ2v) is 4.86. The zero-order valence-corrected chi connectivity index (χ0v) is 11.5. The lowest BCUT2D eigenvalue weighted by molar-refractivity contribution is -0.121. The minimum atomic E-state index is -0.405. The third kappa shape index (κ3) is 2.65. The maximum absolute atomic E-state index is 13.0. The van der Waals surface area contributed by atoms with E-state index in [1.807, 2.05) is 11.8 Å². The van der Waals surface area contributed by atoms with Gasteiger partial charge in [-0.05, 0) is 30.7 Å². The Bertz CT molecular complexity index is 651. The zero-order valence-electron chi connectivity index (χ0n) is 11.5. The minimum Gasteiger partial charge on any atom is -0.332 e. The van der Waals surface area contributed by atoms with Gasteiger partial charge < -0.3 is 10.2 Å². The largest absolute Gasteiger partial charge is 0.332 e. The molecule has 21 heavy (non-hydrogen) atoms. The van der Waals surface area contributed by atoms with Crippen LogP contribution in [0.2, 0.25) is 0 Å². The Morgan fingerprint density at radius 1 is 1.33 bits per heavy atom. The summed E-state index contributed by atoms with van der Waals surface area (Å²) in [6.07, 6.45) is 6.25. The van der Waals surface area contributed by atoms with Crippen molar-refractivity contribution in [2.75, 3.05) is 0 Å². The molecule has 1 aromatic heterocycles. The first-order valence-electron chi connectivity index (χ1n) is 6.66. The summed E-state index contributed by atoms with van der Waals surface area (Å²) >= 11 is 0. The summed E-state index contributed by atoms with van der Waals surface area (Å²) in [6.45, 7) is 1.99. The molecule has 1 N–H and O–H groups in total. The second kappa shape index (κ2) is 5.40. The molecule has 0 spiro atoms. The van der Waals surface area contributed by atoms with E-state index in [4.69, 9.17) is 0 Å². The quantitative estimate of drug-likeness (QED) is 0.941. The molecule has 0 radical (unpaired) electrons. The Morgan fingerprint density at radius 2 is 2.10 bits per heavy atom. The van der Waals surface area contributed by atoms with Crippen LogP contribution in [0.4, 0.5) is 4.39 Å². The third-order valence-corrected chi connectivity index (χ3v) is 3.53. The molecule has 2 aromatic rings. The van der Waals surface area contributed by atoms with Gasteiger partial charge in [0.05, 0.1) is 6.04 Å². The van der Waals surface area contributed by atoms with Gasteiger partial charge in [0.1, 0.15) is 5.82 Å². The van der Waals surface area contributed by atoms with Crippen LogP contribution in [0.5, 0.6) is 0 Å². The SMILES string of the molecule is C[C@@H](c1ccc(F)cc1)N1C=CC(=O)NC1n1cccn1. The van der Waals surface area contributed by atoms with Gasteiger partial charge in [0, 0.05) is 24.7 Å². The van der Waals surface area contributed by atoms with Crippen molar-refractivity contribution in [3.8, 4) is 0 Å². The standard InChI is InChI=1S/C15H15FN4O/c1-11(12-3-5-13(16)6-4-12)19-10-7-14(21)18-15(19)20-9-2-8-17-20/h2-11,15H,1H3,(H,18,21)/t11-,15?/m0/s1. The van der Waals surface area contributed by atoms with Gasteiger partial charge in [-0.15, -0.1) is 0 Å². The van der Waals surface area contributed by atoms with E-state index in [0.29, 0.717) is 0 Å². The smallest absolute Gasteiger partial charge is 0.248 e. The lowest BCUT2D eigenvalue weighted by Crippen LogP contribution is -2.46. The molecule has 0 bridgehead atoms. The number of carbonyl (C=O) groups is 1. The topological polar surface area (TPSA) is 50.2 Å². The minimum absolute atomic E-state index is 0.0448. The molecule has 108 valence electrons. The molecular formula is C15H15FN4O. The van der Waals surface area contributed by atoms with E-state index in [1.54, 1.807) is 41.5 Å². The highest BCUT2D eigenvalue weighted by molar-refractivity contribution is 5.88. The fourth-order valence-electron chi connectivity index (χ4n) is 2.37. The Hall–Kier alpha value is -2.63. The number of halogens is 1. The van der Waals surface area contributed by atoms with E-state index in [1.165, 1.54) is 18.2 Å². The summed E-state index contributed by atoms with van der Waals surface area (Å²) in [5.41, 5.74) is 0.953. The van der Waals surface area contributed by atoms with Gasteiger partial charge >= 0.3 is 0 Å². The summed E-state index contributed by atoms with van der Waals surface area (Å²) in [4.78, 5) is 13.6. The van der Waals surface area contributed by atoms with Gasteiger partial charge in [-0.2, -0.15) is 5.10 Å². The number of hydrogen-bond acceptors (Lipinski definition) is 3. The monoisotopic (exact) mass is 286 g/mol. The van der Waals surface area contributed by atoms with Gasteiger partial charge in [0.15, 0.2) is 0 Å². The molecule has 0 saturated carbocycles. The van der Waals surface area contributed by atoms with Crippen molar-refractivity contribution in [3.05, 3.63) is 66.4 Å². The fourth-order valence-corrected chi connectivity index (χ4v) is 2.37. The van der Waals surface area contributed by atoms with E-state index in [-0.39, 0.29) is 17.8 Å². The predicted octanol–water partition coefficient (Wildman–Crippen LogP) is 2.18. The number of nitrogens with zero attached hydrogens (tertiary/aromatic N) is 3. The highest BCUT2D eigenvalue weighted by atomic mass is 19.1. The second-order valence-electron chi connectivity index (χ2n) is 4.86. The Labute approximate surface area is 121 Å². The van der Waals surface area contributed by atoms with Gasteiger partial charge in [0.25, 0.3) is 0 Å². The molecule has 0 saturated heterocycles. The molecule has 1 aromatic carbocycles. The first kappa shape index (κ1) is 13.4. The molecule has 0 fully saturated rings. The predicted molar refractivity (Wildman–Crippen MR) is 75.2 cm³/mol. The molecule has 1 aliphatic heterocycles. The molecule has 3 rings (SSSR count). The number of carbonyl (C=O) groups excluding carboxylic acids is 1. The van der Waals surface area contributed by atoms with Crippen LogP contribution in [0.3, 0.4) is 0 Å². The molecule has 2 heterocycles. The highest BCUT2D eigenvalue weighted by Gasteiger charge is 2.27. The van der Waals surface area contributed by atoms with Crippen LogP contribution in [0.25, 0.3) is 0 Å². The third-order valence-electron chi connectivity index (χ3n) is 3.53. The van der Waals surface area contributed by atoms with Crippen LogP contribution in [-0.4, -0.2) is 20.6 Å². The Kier molecular flexibility index (Phi) is 3.43. The molecule has 0 aliphatic carbocycles. The summed E-state index contributed by atoms with van der Waals surface area (Å²) in [6, 6.07) is 8.10. The normalized spacial score (nSPS) is 19.4. The molecule has 2 atom stereocenters. The highest BCUT2D eigenvalue weighted by Crippen LogP contribution is 2.27. The maximum Gasteiger partial charge on any atom is 0.248 e. The Balaban J connectivity index is 1.92. The van der Waals surface area contributed by atoms with Crippen molar-refractivity contribution in [1.82, 2.24) is 20.0 Å². The Morgan fingerprint density at radius 3 is 2.76 bits per heavy atom. The maximum atomic E-state index is 13.0. The van der Waals surface area contributed by atoms with Gasteiger partial charge in [0.2, 0.25) is 12.2 Å². The van der Waals surface area contributed by atoms with Gasteiger partial charge in [-0.3, -0.25) is 4.79 Å². The van der Waals surface area contributed by atoms with Crippen molar-refractivity contribution in [2.45, 2.75) is 19.3 Å². The van der Waals surface area contributed by atoms with Crippen LogP contribution >= 0.6 is 0 Å². The number of rotatable bonds is 3. The summed E-state index contributed by atoms with van der Waals surface area (Å²) in [5.74, 6) is -0.435. The average molecular weight is 286 g/mol. The van der Waals surface area contributed by atoms with Crippen LogP contribution in [0.1, 0.15) is 24.8 Å². The van der Waals surface area contributed by atoms with Crippen molar-refractivity contribution in [1.29, 1.82) is 0 Å². The van der Waals surface area contributed by atoms with Gasteiger partial charge in [-0.25, -0.2) is 9.07 Å². The number of benzene rings is 1. The van der Waals surface area contributed by atoms with Crippen molar-refractivity contribution < 1.29 is 9.18 Å². The molecule has 1 aliphatic rings. The van der Waals surface area contributed by atoms with Crippen molar-refractivity contribution in [3.63, 3.8) is 0 Å². The van der Waals surface area contributed by atoms with E-state index < -0.39 is 6.29 Å². The summed E-state index contributed by atoms with van der Waals surface area (Å²) in [5, 5.41) is 7.04. The lowest BCUT2D eigenvalue weighted by Gasteiger charge is -2.38. The van der Waals surface area contributed by atoms with Gasteiger partial charge in [-0.1, -0.05) is 12.1 Å². The van der Waals surface area contributed by atoms with Crippen molar-refractivity contribution >= 4 is 5.91 Å². The zero-order chi connectivity index (χ0) is 14.8. The van der Waals surface area contributed by atoms with Crippen LogP contribution in [0.15, 0.2) is 55.0 Å². The molecule has 5 nitrogen and oxygen atoms in total. The van der Waals surface area contributed by atoms with Crippen LogP contribution < -0.4 is 5.32 Å². The van der Waals surface area contributed by atoms with Crippen molar-refractivity contribution in [2.24, 2.45) is 0 Å². The summed E-state index contributed by atoms with van der Waals surface area (Å²) < 4.78 is 14.7. The molecule has 6 heteroatoms. The van der Waals surface area contributed by atoms with E-state index in [9.17, 15) is 9.18 Å². The first-order chi connectivity index (χ1) is 10.1. The number of amides is 1. The number of hydrogen-bond donors (Lipinski definition) is 1.